The molecule has 2 aliphatic rings. The summed E-state index contributed by atoms with van der Waals surface area (Å²) in [5.74, 6) is 1.05. The van der Waals surface area contributed by atoms with Crippen molar-refractivity contribution in [3.63, 3.8) is 0 Å². The Morgan fingerprint density at radius 3 is 2.26 bits per heavy atom. The van der Waals surface area contributed by atoms with Crippen molar-refractivity contribution in [2.45, 2.75) is 44.6 Å². The molecule has 1 aromatic rings. The third-order valence-electron chi connectivity index (χ3n) is 4.10. The molecule has 3 rings (SSSR count). The molecule has 2 fully saturated rings. The van der Waals surface area contributed by atoms with Gasteiger partial charge < -0.3 is 9.64 Å². The molecule has 3 nitrogen and oxygen atoms in total. The van der Waals surface area contributed by atoms with Gasteiger partial charge in [-0.15, -0.1) is 0 Å². The lowest BCUT2D eigenvalue weighted by atomic mass is 10.2. The summed E-state index contributed by atoms with van der Waals surface area (Å²) in [4.78, 5) is 14.1. The summed E-state index contributed by atoms with van der Waals surface area (Å²) < 4.78 is 5.91. The molecular formula is C16H21NO2. The van der Waals surface area contributed by atoms with Crippen LogP contribution in [0.15, 0.2) is 24.3 Å². The molecule has 102 valence electrons. The highest BCUT2D eigenvalue weighted by molar-refractivity contribution is 5.94. The van der Waals surface area contributed by atoms with Crippen LogP contribution in [0.3, 0.4) is 0 Å². The SMILES string of the molecule is O=C(c1ccc(OC2CCCC2)cc1)N1CCCC1. The maximum Gasteiger partial charge on any atom is 0.253 e. The standard InChI is InChI=1S/C16H21NO2/c18-16(17-11-3-4-12-17)13-7-9-15(10-8-13)19-14-5-1-2-6-14/h7-10,14H,1-6,11-12H2. The Hall–Kier alpha value is -1.51. The molecule has 0 bridgehead atoms. The average Bonchev–Trinajstić information content (AvgIpc) is 3.12. The zero-order chi connectivity index (χ0) is 13.1. The van der Waals surface area contributed by atoms with Crippen LogP contribution in [0.25, 0.3) is 0 Å². The molecule has 1 saturated heterocycles. The van der Waals surface area contributed by atoms with Crippen molar-refractivity contribution in [2.75, 3.05) is 13.1 Å². The van der Waals surface area contributed by atoms with Crippen LogP contribution in [-0.2, 0) is 0 Å². The Morgan fingerprint density at radius 1 is 1.00 bits per heavy atom. The number of hydrogen-bond donors (Lipinski definition) is 0. The Kier molecular flexibility index (Phi) is 3.72. The van der Waals surface area contributed by atoms with Gasteiger partial charge in [0, 0.05) is 18.7 Å². The van der Waals surface area contributed by atoms with Gasteiger partial charge in [-0.3, -0.25) is 4.79 Å². The smallest absolute Gasteiger partial charge is 0.253 e. The van der Waals surface area contributed by atoms with Crippen molar-refractivity contribution >= 4 is 5.91 Å². The van der Waals surface area contributed by atoms with E-state index in [0.29, 0.717) is 6.10 Å². The molecule has 1 aliphatic carbocycles. The lowest BCUT2D eigenvalue weighted by Gasteiger charge is -2.16. The summed E-state index contributed by atoms with van der Waals surface area (Å²) in [5.41, 5.74) is 0.778. The van der Waals surface area contributed by atoms with Crippen molar-refractivity contribution in [3.8, 4) is 5.75 Å². The largest absolute Gasteiger partial charge is 0.490 e. The van der Waals surface area contributed by atoms with Crippen molar-refractivity contribution in [3.05, 3.63) is 29.8 Å². The minimum atomic E-state index is 0.157. The summed E-state index contributed by atoms with van der Waals surface area (Å²) in [7, 11) is 0. The molecule has 0 atom stereocenters. The van der Waals surface area contributed by atoms with Crippen LogP contribution in [0.1, 0.15) is 48.9 Å². The van der Waals surface area contributed by atoms with Crippen molar-refractivity contribution in [2.24, 2.45) is 0 Å². The summed E-state index contributed by atoms with van der Waals surface area (Å²) in [6.07, 6.45) is 7.51. The Morgan fingerprint density at radius 2 is 1.63 bits per heavy atom. The maximum absolute atomic E-state index is 12.2. The number of ether oxygens (including phenoxy) is 1. The van der Waals surface area contributed by atoms with Gasteiger partial charge in [-0.25, -0.2) is 0 Å². The van der Waals surface area contributed by atoms with Gasteiger partial charge in [-0.05, 0) is 62.8 Å². The van der Waals surface area contributed by atoms with Crippen LogP contribution in [0.5, 0.6) is 5.75 Å². The third kappa shape index (κ3) is 2.91. The average molecular weight is 259 g/mol. The Labute approximate surface area is 114 Å². The van der Waals surface area contributed by atoms with Crippen molar-refractivity contribution < 1.29 is 9.53 Å². The van der Waals surface area contributed by atoms with Crippen LogP contribution in [-0.4, -0.2) is 30.0 Å². The molecule has 0 spiro atoms. The predicted octanol–water partition coefficient (Wildman–Crippen LogP) is 3.24. The minimum absolute atomic E-state index is 0.157. The van der Waals surface area contributed by atoms with Crippen molar-refractivity contribution in [1.82, 2.24) is 4.90 Å². The topological polar surface area (TPSA) is 29.5 Å². The van der Waals surface area contributed by atoms with E-state index in [1.165, 1.54) is 12.8 Å². The Bertz CT molecular complexity index is 429. The summed E-state index contributed by atoms with van der Waals surface area (Å²) in [5, 5.41) is 0. The summed E-state index contributed by atoms with van der Waals surface area (Å²) in [6, 6.07) is 7.65. The second-order valence-corrected chi connectivity index (χ2v) is 5.55. The molecular weight excluding hydrogens is 238 g/mol. The normalized spacial score (nSPS) is 19.9. The monoisotopic (exact) mass is 259 g/mol. The van der Waals surface area contributed by atoms with Gasteiger partial charge in [0.2, 0.25) is 0 Å². The first kappa shape index (κ1) is 12.5. The lowest BCUT2D eigenvalue weighted by molar-refractivity contribution is 0.0793. The molecule has 19 heavy (non-hydrogen) atoms. The fourth-order valence-corrected chi connectivity index (χ4v) is 2.98. The van der Waals surface area contributed by atoms with E-state index in [1.54, 1.807) is 0 Å². The van der Waals surface area contributed by atoms with E-state index in [4.69, 9.17) is 4.74 Å². The number of carbonyl (C=O) groups excluding carboxylic acids is 1. The molecule has 0 aromatic heterocycles. The van der Waals surface area contributed by atoms with Crippen LogP contribution in [0, 0.1) is 0 Å². The van der Waals surface area contributed by atoms with E-state index in [0.717, 1.165) is 50.1 Å². The molecule has 1 amide bonds. The molecule has 1 heterocycles. The number of carbonyl (C=O) groups is 1. The molecule has 1 aromatic carbocycles. The number of likely N-dealkylation sites (tertiary alicyclic amines) is 1. The first-order chi connectivity index (χ1) is 9.33. The summed E-state index contributed by atoms with van der Waals surface area (Å²) in [6.45, 7) is 1.80. The van der Waals surface area contributed by atoms with Crippen LogP contribution >= 0.6 is 0 Å². The fraction of sp³-hybridized carbons (Fsp3) is 0.562. The third-order valence-corrected chi connectivity index (χ3v) is 4.10. The number of rotatable bonds is 3. The van der Waals surface area contributed by atoms with Crippen LogP contribution in [0.4, 0.5) is 0 Å². The zero-order valence-corrected chi connectivity index (χ0v) is 11.3. The quantitative estimate of drug-likeness (QED) is 0.834. The highest BCUT2D eigenvalue weighted by Crippen LogP contribution is 2.24. The van der Waals surface area contributed by atoms with Gasteiger partial charge in [0.15, 0.2) is 0 Å². The van der Waals surface area contributed by atoms with Gasteiger partial charge in [0.25, 0.3) is 5.91 Å². The molecule has 0 unspecified atom stereocenters. The van der Waals surface area contributed by atoms with E-state index in [9.17, 15) is 4.79 Å². The number of hydrogen-bond acceptors (Lipinski definition) is 2. The lowest BCUT2D eigenvalue weighted by Crippen LogP contribution is -2.27. The molecule has 0 N–H and O–H groups in total. The fourth-order valence-electron chi connectivity index (χ4n) is 2.98. The van der Waals surface area contributed by atoms with Gasteiger partial charge in [-0.1, -0.05) is 0 Å². The highest BCUT2D eigenvalue weighted by atomic mass is 16.5. The van der Waals surface area contributed by atoms with Gasteiger partial charge in [0.1, 0.15) is 5.75 Å². The molecule has 0 radical (unpaired) electrons. The Balaban J connectivity index is 1.62. The first-order valence-corrected chi connectivity index (χ1v) is 7.39. The van der Waals surface area contributed by atoms with E-state index < -0.39 is 0 Å². The van der Waals surface area contributed by atoms with Crippen molar-refractivity contribution in [1.29, 1.82) is 0 Å². The molecule has 1 aliphatic heterocycles. The second kappa shape index (κ2) is 5.64. The van der Waals surface area contributed by atoms with E-state index in [2.05, 4.69) is 0 Å². The minimum Gasteiger partial charge on any atom is -0.490 e. The van der Waals surface area contributed by atoms with E-state index in [1.807, 2.05) is 29.2 Å². The number of benzene rings is 1. The molecule has 3 heteroatoms. The molecule has 1 saturated carbocycles. The van der Waals surface area contributed by atoms with Crippen LogP contribution < -0.4 is 4.74 Å². The maximum atomic E-state index is 12.2. The zero-order valence-electron chi connectivity index (χ0n) is 11.3. The first-order valence-electron chi connectivity index (χ1n) is 7.39. The van der Waals surface area contributed by atoms with Gasteiger partial charge in [-0.2, -0.15) is 0 Å². The van der Waals surface area contributed by atoms with Gasteiger partial charge >= 0.3 is 0 Å². The summed E-state index contributed by atoms with van der Waals surface area (Å²) >= 11 is 0. The van der Waals surface area contributed by atoms with Crippen LogP contribution in [0.2, 0.25) is 0 Å². The highest BCUT2D eigenvalue weighted by Gasteiger charge is 2.20. The van der Waals surface area contributed by atoms with E-state index >= 15 is 0 Å². The predicted molar refractivity (Wildman–Crippen MR) is 74.5 cm³/mol. The number of nitrogens with zero attached hydrogens (tertiary/aromatic N) is 1. The number of amides is 1. The van der Waals surface area contributed by atoms with Gasteiger partial charge in [0.05, 0.1) is 6.10 Å². The van der Waals surface area contributed by atoms with E-state index in [-0.39, 0.29) is 5.91 Å². The second-order valence-electron chi connectivity index (χ2n) is 5.55.